The Morgan fingerprint density at radius 3 is 3.07 bits per heavy atom. The molecule has 1 saturated heterocycles. The summed E-state index contributed by atoms with van der Waals surface area (Å²) in [6.07, 6.45) is 4.62. The van der Waals surface area contributed by atoms with Gasteiger partial charge in [0, 0.05) is 10.4 Å². The molecular weight excluding hydrogens is 206 g/mol. The molecule has 0 spiro atoms. The van der Waals surface area contributed by atoms with Gasteiger partial charge in [-0.1, -0.05) is 12.8 Å². The average Bonchev–Trinajstić information content (AvgIpc) is 2.53. The van der Waals surface area contributed by atoms with E-state index in [1.807, 2.05) is 18.4 Å². The monoisotopic (exact) mass is 223 g/mol. The molecule has 2 rings (SSSR count). The van der Waals surface area contributed by atoms with Crippen LogP contribution in [0.4, 0.5) is 0 Å². The molecule has 0 amide bonds. The molecule has 0 bridgehead atoms. The molecule has 1 N–H and O–H groups in total. The SMILES string of the molecule is Cc1sccc1C(=O)C1CCCCCN1. The smallest absolute Gasteiger partial charge is 0.180 e. The minimum absolute atomic E-state index is 0.0563. The minimum atomic E-state index is 0.0563. The van der Waals surface area contributed by atoms with Crippen LogP contribution in [0.2, 0.25) is 0 Å². The summed E-state index contributed by atoms with van der Waals surface area (Å²) in [6.45, 7) is 3.01. The van der Waals surface area contributed by atoms with E-state index in [1.54, 1.807) is 11.3 Å². The van der Waals surface area contributed by atoms with E-state index in [9.17, 15) is 4.79 Å². The van der Waals surface area contributed by atoms with Crippen LogP contribution >= 0.6 is 11.3 Å². The fraction of sp³-hybridized carbons (Fsp3) is 0.583. The van der Waals surface area contributed by atoms with Crippen molar-refractivity contribution in [3.63, 3.8) is 0 Å². The highest BCUT2D eigenvalue weighted by Gasteiger charge is 2.22. The molecule has 2 heterocycles. The lowest BCUT2D eigenvalue weighted by Crippen LogP contribution is -2.36. The average molecular weight is 223 g/mol. The summed E-state index contributed by atoms with van der Waals surface area (Å²) in [6, 6.07) is 2.01. The number of hydrogen-bond donors (Lipinski definition) is 1. The first-order valence-electron chi connectivity index (χ1n) is 5.61. The van der Waals surface area contributed by atoms with E-state index in [-0.39, 0.29) is 11.8 Å². The quantitative estimate of drug-likeness (QED) is 0.781. The molecule has 2 nitrogen and oxygen atoms in total. The van der Waals surface area contributed by atoms with Crippen molar-refractivity contribution in [2.75, 3.05) is 6.54 Å². The normalized spacial score (nSPS) is 22.3. The van der Waals surface area contributed by atoms with Crippen LogP contribution in [0.15, 0.2) is 11.4 Å². The van der Waals surface area contributed by atoms with Gasteiger partial charge in [-0.25, -0.2) is 0 Å². The van der Waals surface area contributed by atoms with Gasteiger partial charge in [0.25, 0.3) is 0 Å². The minimum Gasteiger partial charge on any atom is -0.307 e. The molecule has 0 aromatic carbocycles. The third-order valence-electron chi connectivity index (χ3n) is 3.00. The van der Waals surface area contributed by atoms with Gasteiger partial charge in [0.05, 0.1) is 6.04 Å². The summed E-state index contributed by atoms with van der Waals surface area (Å²) in [5.41, 5.74) is 0.916. The molecule has 1 aliphatic rings. The van der Waals surface area contributed by atoms with E-state index in [1.165, 1.54) is 19.3 Å². The van der Waals surface area contributed by atoms with E-state index in [0.29, 0.717) is 0 Å². The van der Waals surface area contributed by atoms with Gasteiger partial charge in [0.15, 0.2) is 5.78 Å². The van der Waals surface area contributed by atoms with Gasteiger partial charge in [-0.05, 0) is 37.8 Å². The van der Waals surface area contributed by atoms with Gasteiger partial charge in [-0.2, -0.15) is 0 Å². The largest absolute Gasteiger partial charge is 0.307 e. The zero-order valence-electron chi connectivity index (χ0n) is 9.08. The first kappa shape index (κ1) is 10.8. The van der Waals surface area contributed by atoms with Gasteiger partial charge in [-0.3, -0.25) is 4.79 Å². The molecule has 15 heavy (non-hydrogen) atoms. The van der Waals surface area contributed by atoms with E-state index in [0.717, 1.165) is 23.4 Å². The molecular formula is C12H17NOS. The Hall–Kier alpha value is -0.670. The van der Waals surface area contributed by atoms with Crippen LogP contribution in [0.3, 0.4) is 0 Å². The molecule has 1 aromatic rings. The second kappa shape index (κ2) is 4.90. The summed E-state index contributed by atoms with van der Waals surface area (Å²) in [5.74, 6) is 0.288. The van der Waals surface area contributed by atoms with Crippen molar-refractivity contribution in [1.29, 1.82) is 0 Å². The number of nitrogens with one attached hydrogen (secondary N) is 1. The van der Waals surface area contributed by atoms with Crippen molar-refractivity contribution in [3.8, 4) is 0 Å². The highest BCUT2D eigenvalue weighted by molar-refractivity contribution is 7.10. The zero-order chi connectivity index (χ0) is 10.7. The lowest BCUT2D eigenvalue weighted by atomic mass is 10.0. The van der Waals surface area contributed by atoms with Gasteiger partial charge in [0.2, 0.25) is 0 Å². The second-order valence-corrected chi connectivity index (χ2v) is 5.23. The molecule has 0 aliphatic carbocycles. The van der Waals surface area contributed by atoms with Crippen LogP contribution in [0.25, 0.3) is 0 Å². The van der Waals surface area contributed by atoms with E-state index < -0.39 is 0 Å². The Morgan fingerprint density at radius 2 is 2.33 bits per heavy atom. The first-order valence-corrected chi connectivity index (χ1v) is 6.48. The van der Waals surface area contributed by atoms with E-state index in [4.69, 9.17) is 0 Å². The lowest BCUT2D eigenvalue weighted by Gasteiger charge is -2.13. The number of thiophene rings is 1. The van der Waals surface area contributed by atoms with Crippen molar-refractivity contribution >= 4 is 17.1 Å². The fourth-order valence-electron chi connectivity index (χ4n) is 2.08. The molecule has 1 atom stereocenters. The van der Waals surface area contributed by atoms with Gasteiger partial charge < -0.3 is 5.32 Å². The maximum absolute atomic E-state index is 12.2. The Balaban J connectivity index is 2.09. The van der Waals surface area contributed by atoms with E-state index in [2.05, 4.69) is 5.32 Å². The van der Waals surface area contributed by atoms with Gasteiger partial charge in [-0.15, -0.1) is 11.3 Å². The highest BCUT2D eigenvalue weighted by atomic mass is 32.1. The Kier molecular flexibility index (Phi) is 3.54. The highest BCUT2D eigenvalue weighted by Crippen LogP contribution is 2.19. The van der Waals surface area contributed by atoms with Crippen molar-refractivity contribution in [2.45, 2.75) is 38.6 Å². The summed E-state index contributed by atoms with van der Waals surface area (Å²) >= 11 is 1.65. The van der Waals surface area contributed by atoms with Crippen LogP contribution in [-0.2, 0) is 0 Å². The summed E-state index contributed by atoms with van der Waals surface area (Å²) in [4.78, 5) is 13.3. The number of ketones is 1. The third-order valence-corrected chi connectivity index (χ3v) is 3.85. The number of carbonyl (C=O) groups is 1. The molecule has 3 heteroatoms. The number of hydrogen-bond acceptors (Lipinski definition) is 3. The van der Waals surface area contributed by atoms with Crippen LogP contribution in [0.5, 0.6) is 0 Å². The number of aryl methyl sites for hydroxylation is 1. The molecule has 0 radical (unpaired) electrons. The molecule has 1 unspecified atom stereocenters. The summed E-state index contributed by atoms with van der Waals surface area (Å²) in [5, 5.41) is 5.35. The number of Topliss-reactive ketones (excluding diaryl/α,β-unsaturated/α-hetero) is 1. The standard InChI is InChI=1S/C12H17NOS/c1-9-10(6-8-15-9)12(14)11-5-3-2-4-7-13-11/h6,8,11,13H,2-5,7H2,1H3. The van der Waals surface area contributed by atoms with Crippen LogP contribution in [-0.4, -0.2) is 18.4 Å². The van der Waals surface area contributed by atoms with Crippen molar-refractivity contribution in [3.05, 3.63) is 21.9 Å². The summed E-state index contributed by atoms with van der Waals surface area (Å²) in [7, 11) is 0. The van der Waals surface area contributed by atoms with Crippen molar-refractivity contribution in [1.82, 2.24) is 5.32 Å². The maximum Gasteiger partial charge on any atom is 0.180 e. The topological polar surface area (TPSA) is 29.1 Å². The Morgan fingerprint density at radius 1 is 1.47 bits per heavy atom. The maximum atomic E-state index is 12.2. The molecule has 1 aromatic heterocycles. The third kappa shape index (κ3) is 2.47. The zero-order valence-corrected chi connectivity index (χ0v) is 9.90. The van der Waals surface area contributed by atoms with Crippen molar-refractivity contribution < 1.29 is 4.79 Å². The van der Waals surface area contributed by atoms with Gasteiger partial charge >= 0.3 is 0 Å². The number of carbonyl (C=O) groups excluding carboxylic acids is 1. The van der Waals surface area contributed by atoms with Crippen LogP contribution in [0.1, 0.15) is 40.9 Å². The summed E-state index contributed by atoms with van der Waals surface area (Å²) < 4.78 is 0. The van der Waals surface area contributed by atoms with Crippen molar-refractivity contribution in [2.24, 2.45) is 0 Å². The molecule has 1 aliphatic heterocycles. The van der Waals surface area contributed by atoms with Crippen LogP contribution in [0, 0.1) is 6.92 Å². The van der Waals surface area contributed by atoms with Gasteiger partial charge in [0.1, 0.15) is 0 Å². The molecule has 0 saturated carbocycles. The first-order chi connectivity index (χ1) is 7.29. The fourth-order valence-corrected chi connectivity index (χ4v) is 2.78. The van der Waals surface area contributed by atoms with Crippen LogP contribution < -0.4 is 5.32 Å². The predicted molar refractivity (Wildman–Crippen MR) is 63.6 cm³/mol. The Labute approximate surface area is 94.7 Å². The Bertz CT molecular complexity index is 337. The number of rotatable bonds is 2. The second-order valence-electron chi connectivity index (χ2n) is 4.11. The predicted octanol–water partition coefficient (Wildman–Crippen LogP) is 2.77. The molecule has 1 fully saturated rings. The molecule has 82 valence electrons. The lowest BCUT2D eigenvalue weighted by molar-refractivity contribution is 0.0940. The van der Waals surface area contributed by atoms with E-state index >= 15 is 0 Å².